The van der Waals surface area contributed by atoms with Gasteiger partial charge < -0.3 is 19.4 Å². The van der Waals surface area contributed by atoms with Crippen LogP contribution < -0.4 is 14.8 Å². The van der Waals surface area contributed by atoms with Gasteiger partial charge in [0, 0.05) is 36.5 Å². The average Bonchev–Trinajstić information content (AvgIpc) is 3.17. The molecule has 31 heavy (non-hydrogen) atoms. The summed E-state index contributed by atoms with van der Waals surface area (Å²) < 4.78 is 12.5. The van der Waals surface area contributed by atoms with Crippen molar-refractivity contribution in [1.29, 1.82) is 0 Å². The number of nitrogens with one attached hydrogen (secondary N) is 1. The smallest absolute Gasteiger partial charge is 0.251 e. The molecule has 0 aliphatic carbocycles. The summed E-state index contributed by atoms with van der Waals surface area (Å²) in [4.78, 5) is 22.0. The van der Waals surface area contributed by atoms with Crippen LogP contribution in [0.2, 0.25) is 0 Å². The van der Waals surface area contributed by atoms with E-state index in [2.05, 4.69) is 29.4 Å². The second-order valence-corrected chi connectivity index (χ2v) is 7.16. The zero-order valence-corrected chi connectivity index (χ0v) is 17.8. The highest BCUT2D eigenvalue weighted by molar-refractivity contribution is 5.95. The number of nitrogens with zero attached hydrogens (tertiary/aromatic N) is 3. The number of pyridine rings is 1. The van der Waals surface area contributed by atoms with Gasteiger partial charge in [0.15, 0.2) is 5.65 Å². The molecule has 7 heteroatoms. The maximum Gasteiger partial charge on any atom is 0.251 e. The van der Waals surface area contributed by atoms with Crippen molar-refractivity contribution in [2.24, 2.45) is 0 Å². The molecule has 1 N–H and O–H groups in total. The molecule has 158 valence electrons. The standard InChI is InChI=1S/C24H24N4O3/c1-16-6-8-17(9-7-16)22-27-21-5-4-10-25-23(21)28(22)12-11-26-24(29)18-13-19(30-2)15-20(14-18)31-3/h4-10,13-15H,11-12H2,1-3H3,(H,26,29). The van der Waals surface area contributed by atoms with Crippen LogP contribution in [-0.2, 0) is 6.54 Å². The van der Waals surface area contributed by atoms with E-state index in [9.17, 15) is 4.79 Å². The lowest BCUT2D eigenvalue weighted by atomic mass is 10.1. The summed E-state index contributed by atoms with van der Waals surface area (Å²) in [5.41, 5.74) is 4.28. The van der Waals surface area contributed by atoms with E-state index in [1.54, 1.807) is 38.6 Å². The van der Waals surface area contributed by atoms with E-state index in [-0.39, 0.29) is 5.91 Å². The van der Waals surface area contributed by atoms with Crippen molar-refractivity contribution < 1.29 is 14.3 Å². The van der Waals surface area contributed by atoms with Crippen molar-refractivity contribution in [3.8, 4) is 22.9 Å². The van der Waals surface area contributed by atoms with Gasteiger partial charge in [-0.05, 0) is 31.2 Å². The lowest BCUT2D eigenvalue weighted by Gasteiger charge is -2.11. The molecule has 7 nitrogen and oxygen atoms in total. The Bertz CT molecular complexity index is 1190. The Kier molecular flexibility index (Phi) is 5.84. The fraction of sp³-hybridized carbons (Fsp3) is 0.208. The summed E-state index contributed by atoms with van der Waals surface area (Å²) >= 11 is 0. The molecule has 0 saturated carbocycles. The second-order valence-electron chi connectivity index (χ2n) is 7.16. The lowest BCUT2D eigenvalue weighted by molar-refractivity contribution is 0.0951. The maximum atomic E-state index is 12.7. The number of fused-ring (bicyclic) bond motifs is 1. The predicted octanol–water partition coefficient (Wildman–Crippen LogP) is 3.85. The van der Waals surface area contributed by atoms with E-state index < -0.39 is 0 Å². The van der Waals surface area contributed by atoms with Crippen molar-refractivity contribution in [2.45, 2.75) is 13.5 Å². The number of ether oxygens (including phenoxy) is 2. The van der Waals surface area contributed by atoms with Crippen molar-refractivity contribution in [1.82, 2.24) is 19.9 Å². The van der Waals surface area contributed by atoms with E-state index in [0.717, 1.165) is 22.6 Å². The molecule has 0 unspecified atom stereocenters. The number of aromatic nitrogens is 3. The van der Waals surface area contributed by atoms with E-state index >= 15 is 0 Å². The molecule has 0 fully saturated rings. The van der Waals surface area contributed by atoms with Gasteiger partial charge in [-0.15, -0.1) is 0 Å². The first kappa shape index (κ1) is 20.4. The molecule has 0 atom stereocenters. The summed E-state index contributed by atoms with van der Waals surface area (Å²) in [5, 5.41) is 2.97. The van der Waals surface area contributed by atoms with Gasteiger partial charge in [-0.25, -0.2) is 9.97 Å². The second kappa shape index (κ2) is 8.87. The van der Waals surface area contributed by atoms with Gasteiger partial charge >= 0.3 is 0 Å². The first-order chi connectivity index (χ1) is 15.1. The Morgan fingerprint density at radius 1 is 1.03 bits per heavy atom. The van der Waals surface area contributed by atoms with Gasteiger partial charge in [-0.1, -0.05) is 29.8 Å². The minimum Gasteiger partial charge on any atom is -0.497 e. The van der Waals surface area contributed by atoms with Crippen LogP contribution in [0.3, 0.4) is 0 Å². The molecular formula is C24H24N4O3. The number of carbonyl (C=O) groups is 1. The van der Waals surface area contributed by atoms with Gasteiger partial charge in [0.1, 0.15) is 22.8 Å². The van der Waals surface area contributed by atoms with Crippen LogP contribution >= 0.6 is 0 Å². The number of imidazole rings is 1. The van der Waals surface area contributed by atoms with Crippen molar-refractivity contribution >= 4 is 17.1 Å². The highest BCUT2D eigenvalue weighted by Gasteiger charge is 2.14. The van der Waals surface area contributed by atoms with Gasteiger partial charge in [0.25, 0.3) is 5.91 Å². The van der Waals surface area contributed by atoms with Crippen molar-refractivity contribution in [3.63, 3.8) is 0 Å². The Labute approximate surface area is 180 Å². The quantitative estimate of drug-likeness (QED) is 0.495. The largest absolute Gasteiger partial charge is 0.497 e. The molecule has 0 bridgehead atoms. The molecule has 4 rings (SSSR count). The van der Waals surface area contributed by atoms with Crippen LogP contribution in [0.1, 0.15) is 15.9 Å². The molecule has 2 heterocycles. The number of hydrogen-bond acceptors (Lipinski definition) is 5. The molecule has 0 aliphatic rings. The summed E-state index contributed by atoms with van der Waals surface area (Å²) in [6, 6.07) is 17.1. The molecule has 0 aliphatic heterocycles. The number of methoxy groups -OCH3 is 2. The highest BCUT2D eigenvalue weighted by Crippen LogP contribution is 2.24. The van der Waals surface area contributed by atoms with Gasteiger partial charge in [0.05, 0.1) is 14.2 Å². The molecule has 4 aromatic rings. The Hall–Kier alpha value is -3.87. The number of benzene rings is 2. The fourth-order valence-electron chi connectivity index (χ4n) is 3.42. The first-order valence-corrected chi connectivity index (χ1v) is 9.98. The fourth-order valence-corrected chi connectivity index (χ4v) is 3.42. The van der Waals surface area contributed by atoms with Crippen LogP contribution in [0.4, 0.5) is 0 Å². The number of hydrogen-bond donors (Lipinski definition) is 1. The molecule has 0 spiro atoms. The van der Waals surface area contributed by atoms with Crippen LogP contribution in [0.5, 0.6) is 11.5 Å². The predicted molar refractivity (Wildman–Crippen MR) is 120 cm³/mol. The average molecular weight is 416 g/mol. The molecule has 2 aromatic carbocycles. The van der Waals surface area contributed by atoms with E-state index in [1.807, 2.05) is 28.8 Å². The molecular weight excluding hydrogens is 392 g/mol. The first-order valence-electron chi connectivity index (χ1n) is 9.98. The van der Waals surface area contributed by atoms with E-state index in [4.69, 9.17) is 14.5 Å². The van der Waals surface area contributed by atoms with E-state index in [0.29, 0.717) is 30.2 Å². The summed E-state index contributed by atoms with van der Waals surface area (Å²) in [6.45, 7) is 3.00. The number of amides is 1. The van der Waals surface area contributed by atoms with E-state index in [1.165, 1.54) is 5.56 Å². The van der Waals surface area contributed by atoms with Crippen molar-refractivity contribution in [2.75, 3.05) is 20.8 Å². The molecule has 0 radical (unpaired) electrons. The Balaban J connectivity index is 1.56. The third kappa shape index (κ3) is 4.35. The molecule has 0 saturated heterocycles. The van der Waals surface area contributed by atoms with Crippen LogP contribution in [-0.4, -0.2) is 41.2 Å². The van der Waals surface area contributed by atoms with Gasteiger partial charge in [-0.2, -0.15) is 0 Å². The summed E-state index contributed by atoms with van der Waals surface area (Å²) in [5.74, 6) is 1.75. The normalized spacial score (nSPS) is 10.8. The number of carbonyl (C=O) groups excluding carboxylic acids is 1. The maximum absolute atomic E-state index is 12.7. The summed E-state index contributed by atoms with van der Waals surface area (Å²) in [6.07, 6.45) is 1.75. The SMILES string of the molecule is COc1cc(OC)cc(C(=O)NCCn2c(-c3ccc(C)cc3)nc3cccnc32)c1. The zero-order valence-electron chi connectivity index (χ0n) is 17.8. The number of rotatable bonds is 7. The Morgan fingerprint density at radius 3 is 2.42 bits per heavy atom. The van der Waals surface area contributed by atoms with Crippen LogP contribution in [0, 0.1) is 6.92 Å². The Morgan fingerprint density at radius 2 is 1.74 bits per heavy atom. The lowest BCUT2D eigenvalue weighted by Crippen LogP contribution is -2.27. The highest BCUT2D eigenvalue weighted by atomic mass is 16.5. The summed E-state index contributed by atoms with van der Waals surface area (Å²) in [7, 11) is 3.11. The van der Waals surface area contributed by atoms with Crippen LogP contribution in [0.15, 0.2) is 60.8 Å². The minimum absolute atomic E-state index is 0.202. The minimum atomic E-state index is -0.202. The molecule has 2 aromatic heterocycles. The van der Waals surface area contributed by atoms with Crippen LogP contribution in [0.25, 0.3) is 22.6 Å². The third-order valence-electron chi connectivity index (χ3n) is 5.05. The third-order valence-corrected chi connectivity index (χ3v) is 5.05. The van der Waals surface area contributed by atoms with Gasteiger partial charge in [0.2, 0.25) is 0 Å². The monoisotopic (exact) mass is 416 g/mol. The van der Waals surface area contributed by atoms with Crippen molar-refractivity contribution in [3.05, 3.63) is 71.9 Å². The van der Waals surface area contributed by atoms with Gasteiger partial charge in [-0.3, -0.25) is 4.79 Å². The zero-order chi connectivity index (χ0) is 21.8. The topological polar surface area (TPSA) is 78.3 Å². The molecule has 1 amide bonds. The number of aryl methyl sites for hydroxylation is 1.